The number of imidazole rings is 1. The van der Waals surface area contributed by atoms with E-state index in [2.05, 4.69) is 15.3 Å². The van der Waals surface area contributed by atoms with Crippen molar-refractivity contribution in [2.75, 3.05) is 0 Å². The molecule has 3 atom stereocenters. The van der Waals surface area contributed by atoms with E-state index in [9.17, 15) is 9.90 Å². The predicted molar refractivity (Wildman–Crippen MR) is 86.1 cm³/mol. The van der Waals surface area contributed by atoms with E-state index < -0.39 is 6.10 Å². The number of hydrogen-bond donors (Lipinski definition) is 2. The van der Waals surface area contributed by atoms with Gasteiger partial charge in [-0.25, -0.2) is 9.97 Å². The number of carbonyl (C=O) groups excluding carboxylic acids is 1. The quantitative estimate of drug-likeness (QED) is 0.905. The van der Waals surface area contributed by atoms with Gasteiger partial charge in [0.1, 0.15) is 11.5 Å². The number of pyridine rings is 1. The van der Waals surface area contributed by atoms with Crippen molar-refractivity contribution in [3.8, 4) is 0 Å². The highest BCUT2D eigenvalue weighted by atomic mass is 16.3. The molecule has 6 heteroatoms. The van der Waals surface area contributed by atoms with Crippen molar-refractivity contribution >= 4 is 5.91 Å². The largest absolute Gasteiger partial charge is 0.389 e. The highest BCUT2D eigenvalue weighted by molar-refractivity contribution is 5.92. The number of rotatable bonds is 3. The minimum absolute atomic E-state index is 0.0537. The van der Waals surface area contributed by atoms with Gasteiger partial charge in [-0.1, -0.05) is 6.07 Å². The predicted octanol–water partition coefficient (Wildman–Crippen LogP) is 1.78. The van der Waals surface area contributed by atoms with Crippen LogP contribution >= 0.6 is 0 Å². The van der Waals surface area contributed by atoms with Gasteiger partial charge >= 0.3 is 0 Å². The summed E-state index contributed by atoms with van der Waals surface area (Å²) in [4.78, 5) is 20.8. The van der Waals surface area contributed by atoms with Crippen LogP contribution in [0.15, 0.2) is 30.6 Å². The topological polar surface area (TPSA) is 80.0 Å². The van der Waals surface area contributed by atoms with Crippen molar-refractivity contribution < 1.29 is 9.90 Å². The second-order valence-electron chi connectivity index (χ2n) is 6.11. The van der Waals surface area contributed by atoms with Gasteiger partial charge in [-0.2, -0.15) is 0 Å². The summed E-state index contributed by atoms with van der Waals surface area (Å²) >= 11 is 0. The molecule has 0 saturated heterocycles. The van der Waals surface area contributed by atoms with Crippen molar-refractivity contribution in [1.29, 1.82) is 0 Å². The lowest BCUT2D eigenvalue weighted by Crippen LogP contribution is -2.49. The van der Waals surface area contributed by atoms with Gasteiger partial charge in [-0.15, -0.1) is 0 Å². The first-order chi connectivity index (χ1) is 11.1. The van der Waals surface area contributed by atoms with E-state index in [-0.39, 0.29) is 18.0 Å². The Labute approximate surface area is 135 Å². The van der Waals surface area contributed by atoms with E-state index in [1.165, 1.54) is 0 Å². The first-order valence-corrected chi connectivity index (χ1v) is 7.98. The molecule has 0 spiro atoms. The molecule has 3 rings (SSSR count). The third-order valence-electron chi connectivity index (χ3n) is 4.48. The molecule has 23 heavy (non-hydrogen) atoms. The van der Waals surface area contributed by atoms with Crippen LogP contribution in [-0.4, -0.2) is 37.7 Å². The summed E-state index contributed by atoms with van der Waals surface area (Å²) in [7, 11) is 0. The van der Waals surface area contributed by atoms with Crippen LogP contribution in [-0.2, 0) is 0 Å². The van der Waals surface area contributed by atoms with Crippen molar-refractivity contribution in [3.63, 3.8) is 0 Å². The Bertz CT molecular complexity index is 697. The molecule has 1 aliphatic rings. The van der Waals surface area contributed by atoms with E-state index in [1.807, 2.05) is 36.7 Å². The zero-order chi connectivity index (χ0) is 16.4. The average Bonchev–Trinajstić information content (AvgIpc) is 2.95. The number of aryl methyl sites for hydroxylation is 2. The SMILES string of the molecule is Cc1cccc(C(=O)N[C@@H]2CCC[C@@H](n3ccnc3C)[C@@H]2O)n1. The molecule has 1 saturated carbocycles. The normalized spacial score (nSPS) is 24.4. The zero-order valence-corrected chi connectivity index (χ0v) is 13.4. The molecular weight excluding hydrogens is 292 g/mol. The Morgan fingerprint density at radius 1 is 1.35 bits per heavy atom. The smallest absolute Gasteiger partial charge is 0.270 e. The second-order valence-corrected chi connectivity index (χ2v) is 6.11. The fourth-order valence-corrected chi connectivity index (χ4v) is 3.27. The summed E-state index contributed by atoms with van der Waals surface area (Å²) in [5, 5.41) is 13.6. The van der Waals surface area contributed by atoms with Crippen LogP contribution in [0.3, 0.4) is 0 Å². The lowest BCUT2D eigenvalue weighted by Gasteiger charge is -2.36. The van der Waals surface area contributed by atoms with Crippen LogP contribution in [0, 0.1) is 13.8 Å². The molecule has 0 radical (unpaired) electrons. The first-order valence-electron chi connectivity index (χ1n) is 7.98. The molecule has 1 fully saturated rings. The van der Waals surface area contributed by atoms with Gasteiger partial charge < -0.3 is 15.0 Å². The van der Waals surface area contributed by atoms with E-state index in [4.69, 9.17) is 0 Å². The summed E-state index contributed by atoms with van der Waals surface area (Å²) < 4.78 is 1.99. The van der Waals surface area contributed by atoms with Gasteiger partial charge in [0.15, 0.2) is 0 Å². The molecule has 1 amide bonds. The van der Waals surface area contributed by atoms with Gasteiger partial charge in [-0.05, 0) is 45.2 Å². The molecule has 122 valence electrons. The Hall–Kier alpha value is -2.21. The van der Waals surface area contributed by atoms with Crippen molar-refractivity contribution in [2.24, 2.45) is 0 Å². The number of amides is 1. The fourth-order valence-electron chi connectivity index (χ4n) is 3.27. The minimum atomic E-state index is -0.634. The maximum absolute atomic E-state index is 12.4. The van der Waals surface area contributed by atoms with Crippen LogP contribution in [0.5, 0.6) is 0 Å². The fraction of sp³-hybridized carbons (Fsp3) is 0.471. The lowest BCUT2D eigenvalue weighted by molar-refractivity contribution is 0.0391. The number of hydrogen-bond acceptors (Lipinski definition) is 4. The number of aliphatic hydroxyl groups excluding tert-OH is 1. The molecule has 6 nitrogen and oxygen atoms in total. The second kappa shape index (κ2) is 6.50. The highest BCUT2D eigenvalue weighted by Gasteiger charge is 2.34. The number of carbonyl (C=O) groups is 1. The minimum Gasteiger partial charge on any atom is -0.389 e. The van der Waals surface area contributed by atoms with Crippen LogP contribution in [0.1, 0.15) is 47.3 Å². The van der Waals surface area contributed by atoms with E-state index in [1.54, 1.807) is 12.3 Å². The van der Waals surface area contributed by atoms with Gasteiger partial charge in [0.05, 0.1) is 18.2 Å². The van der Waals surface area contributed by atoms with Crippen molar-refractivity contribution in [2.45, 2.75) is 51.3 Å². The first kappa shape index (κ1) is 15.7. The number of aromatic nitrogens is 3. The summed E-state index contributed by atoms with van der Waals surface area (Å²) in [6.07, 6.45) is 5.59. The Kier molecular flexibility index (Phi) is 4.43. The molecule has 2 heterocycles. The molecule has 2 aromatic rings. The van der Waals surface area contributed by atoms with Gasteiger partial charge in [0.25, 0.3) is 5.91 Å². The Balaban J connectivity index is 1.73. The lowest BCUT2D eigenvalue weighted by atomic mass is 9.87. The third kappa shape index (κ3) is 3.27. The molecule has 2 aromatic heterocycles. The molecule has 0 unspecified atom stereocenters. The Morgan fingerprint density at radius 3 is 2.87 bits per heavy atom. The molecule has 0 aromatic carbocycles. The monoisotopic (exact) mass is 314 g/mol. The Morgan fingerprint density at radius 2 is 2.17 bits per heavy atom. The number of nitrogens with zero attached hydrogens (tertiary/aromatic N) is 3. The maximum atomic E-state index is 12.4. The van der Waals surface area contributed by atoms with E-state index >= 15 is 0 Å². The highest BCUT2D eigenvalue weighted by Crippen LogP contribution is 2.30. The standard InChI is InChI=1S/C17H22N4O2/c1-11-5-3-7-14(19-11)17(23)20-13-6-4-8-15(16(13)22)21-10-9-18-12(21)2/h3,5,7,9-10,13,15-16,22H,4,6,8H2,1-2H3,(H,20,23)/t13-,15-,16-/m1/s1. The van der Waals surface area contributed by atoms with Crippen LogP contribution in [0.2, 0.25) is 0 Å². The molecule has 0 bridgehead atoms. The summed E-state index contributed by atoms with van der Waals surface area (Å²) in [5.41, 5.74) is 1.19. The summed E-state index contributed by atoms with van der Waals surface area (Å²) in [6, 6.07) is 5.03. The van der Waals surface area contributed by atoms with Crippen molar-refractivity contribution in [3.05, 3.63) is 47.8 Å². The summed E-state index contributed by atoms with van der Waals surface area (Å²) in [6.45, 7) is 3.77. The number of aliphatic hydroxyl groups is 1. The zero-order valence-electron chi connectivity index (χ0n) is 13.4. The summed E-state index contributed by atoms with van der Waals surface area (Å²) in [5.74, 6) is 0.641. The average molecular weight is 314 g/mol. The number of nitrogens with one attached hydrogen (secondary N) is 1. The van der Waals surface area contributed by atoms with Gasteiger partial charge in [0, 0.05) is 18.1 Å². The molecule has 1 aliphatic carbocycles. The van der Waals surface area contributed by atoms with Gasteiger partial charge in [0.2, 0.25) is 0 Å². The van der Waals surface area contributed by atoms with Crippen LogP contribution in [0.4, 0.5) is 0 Å². The van der Waals surface area contributed by atoms with Crippen molar-refractivity contribution in [1.82, 2.24) is 19.9 Å². The molecule has 0 aliphatic heterocycles. The van der Waals surface area contributed by atoms with E-state index in [0.29, 0.717) is 5.69 Å². The van der Waals surface area contributed by atoms with Crippen LogP contribution in [0.25, 0.3) is 0 Å². The maximum Gasteiger partial charge on any atom is 0.270 e. The van der Waals surface area contributed by atoms with Gasteiger partial charge in [-0.3, -0.25) is 4.79 Å². The van der Waals surface area contributed by atoms with E-state index in [0.717, 1.165) is 30.8 Å². The third-order valence-corrected chi connectivity index (χ3v) is 4.48. The molecular formula is C17H22N4O2. The molecule has 2 N–H and O–H groups in total. The van der Waals surface area contributed by atoms with Crippen LogP contribution < -0.4 is 5.32 Å².